The third-order valence-electron chi connectivity index (χ3n) is 3.85. The van der Waals surface area contributed by atoms with Gasteiger partial charge in [0.15, 0.2) is 0 Å². The van der Waals surface area contributed by atoms with E-state index in [0.717, 1.165) is 0 Å². The van der Waals surface area contributed by atoms with Crippen molar-refractivity contribution in [2.75, 3.05) is 16.8 Å². The van der Waals surface area contributed by atoms with Crippen molar-refractivity contribution in [3.63, 3.8) is 0 Å². The molecule has 0 aliphatic carbocycles. The molecule has 0 aromatic heterocycles. The van der Waals surface area contributed by atoms with Crippen molar-refractivity contribution in [2.45, 2.75) is 6.42 Å². The second kappa shape index (κ2) is 7.01. The number of benzene rings is 2. The number of hydrogen-bond acceptors (Lipinski definition) is 2. The molecule has 24 heavy (non-hydrogen) atoms. The minimum Gasteiger partial charge on any atom is -0.324 e. The van der Waals surface area contributed by atoms with Crippen LogP contribution < -0.4 is 10.2 Å². The molecule has 2 aromatic carbocycles. The smallest absolute Gasteiger partial charge is 0.229 e. The van der Waals surface area contributed by atoms with E-state index in [4.69, 9.17) is 34.8 Å². The van der Waals surface area contributed by atoms with Crippen molar-refractivity contribution in [2.24, 2.45) is 5.92 Å². The summed E-state index contributed by atoms with van der Waals surface area (Å²) in [5.74, 6) is -0.903. The summed E-state index contributed by atoms with van der Waals surface area (Å²) in [5, 5.41) is 3.88. The van der Waals surface area contributed by atoms with Gasteiger partial charge in [0.25, 0.3) is 0 Å². The van der Waals surface area contributed by atoms with Crippen LogP contribution in [0.1, 0.15) is 6.42 Å². The van der Waals surface area contributed by atoms with Gasteiger partial charge in [0.05, 0.1) is 32.4 Å². The van der Waals surface area contributed by atoms with Crippen molar-refractivity contribution in [3.05, 3.63) is 57.5 Å². The maximum atomic E-state index is 12.4. The van der Waals surface area contributed by atoms with Crippen molar-refractivity contribution < 1.29 is 9.59 Å². The van der Waals surface area contributed by atoms with E-state index in [1.165, 1.54) is 4.90 Å². The molecule has 1 atom stereocenters. The Morgan fingerprint density at radius 1 is 1.04 bits per heavy atom. The molecular weight excluding hydrogens is 371 g/mol. The molecule has 1 N–H and O–H groups in total. The Balaban J connectivity index is 1.76. The van der Waals surface area contributed by atoms with Gasteiger partial charge in [0.1, 0.15) is 0 Å². The van der Waals surface area contributed by atoms with E-state index in [1.807, 2.05) is 0 Å². The molecular formula is C17H13Cl3N2O2. The van der Waals surface area contributed by atoms with Crippen LogP contribution in [0.2, 0.25) is 15.1 Å². The molecule has 1 aliphatic rings. The highest BCUT2D eigenvalue weighted by molar-refractivity contribution is 6.44. The first-order chi connectivity index (χ1) is 11.5. The van der Waals surface area contributed by atoms with Gasteiger partial charge in [-0.1, -0.05) is 53.0 Å². The summed E-state index contributed by atoms with van der Waals surface area (Å²) in [6.07, 6.45) is 0.110. The topological polar surface area (TPSA) is 49.4 Å². The lowest BCUT2D eigenvalue weighted by Gasteiger charge is -2.18. The molecule has 1 fully saturated rings. The lowest BCUT2D eigenvalue weighted by molar-refractivity contribution is -0.122. The maximum Gasteiger partial charge on any atom is 0.229 e. The first-order valence-electron chi connectivity index (χ1n) is 7.27. The molecule has 1 aliphatic heterocycles. The van der Waals surface area contributed by atoms with Crippen LogP contribution in [0.4, 0.5) is 11.4 Å². The number of hydrogen-bond donors (Lipinski definition) is 1. The molecule has 3 rings (SSSR count). The van der Waals surface area contributed by atoms with Crippen LogP contribution in [0.5, 0.6) is 0 Å². The van der Waals surface area contributed by atoms with Gasteiger partial charge < -0.3 is 10.2 Å². The number of anilines is 2. The van der Waals surface area contributed by atoms with Gasteiger partial charge in [-0.25, -0.2) is 0 Å². The van der Waals surface area contributed by atoms with Gasteiger partial charge in [0, 0.05) is 13.0 Å². The molecule has 0 radical (unpaired) electrons. The van der Waals surface area contributed by atoms with Crippen LogP contribution in [-0.4, -0.2) is 18.4 Å². The highest BCUT2D eigenvalue weighted by Crippen LogP contribution is 2.36. The molecule has 1 saturated heterocycles. The SMILES string of the molecule is O=C(Nc1ccccc1Cl)[C@@H]1CC(=O)N(c2cccc(Cl)c2Cl)C1. The highest BCUT2D eigenvalue weighted by Gasteiger charge is 2.36. The zero-order valence-corrected chi connectivity index (χ0v) is 14.7. The quantitative estimate of drug-likeness (QED) is 0.839. The van der Waals surface area contributed by atoms with Crippen molar-refractivity contribution in [1.82, 2.24) is 0 Å². The van der Waals surface area contributed by atoms with E-state index in [9.17, 15) is 9.59 Å². The van der Waals surface area contributed by atoms with Crippen molar-refractivity contribution in [3.8, 4) is 0 Å². The standard InChI is InChI=1S/C17H13Cl3N2O2/c18-11-4-1-2-6-13(11)21-17(24)10-8-15(23)22(9-10)14-7-3-5-12(19)16(14)20/h1-7,10H,8-9H2,(H,21,24)/t10-/m1/s1. The first-order valence-corrected chi connectivity index (χ1v) is 8.40. The van der Waals surface area contributed by atoms with Crippen LogP contribution in [-0.2, 0) is 9.59 Å². The number of amides is 2. The van der Waals surface area contributed by atoms with Gasteiger partial charge in [-0.3, -0.25) is 9.59 Å². The number of halogens is 3. The third-order valence-corrected chi connectivity index (χ3v) is 4.99. The van der Waals surface area contributed by atoms with Crippen LogP contribution in [0.3, 0.4) is 0 Å². The normalized spacial score (nSPS) is 17.2. The monoisotopic (exact) mass is 382 g/mol. The number of rotatable bonds is 3. The Kier molecular flexibility index (Phi) is 4.99. The zero-order valence-electron chi connectivity index (χ0n) is 12.4. The van der Waals surface area contributed by atoms with Crippen molar-refractivity contribution >= 4 is 58.0 Å². The molecule has 0 spiro atoms. The third kappa shape index (κ3) is 3.36. The Morgan fingerprint density at radius 2 is 1.75 bits per heavy atom. The summed E-state index contributed by atoms with van der Waals surface area (Å²) >= 11 is 18.2. The number of nitrogens with zero attached hydrogens (tertiary/aromatic N) is 1. The molecule has 4 nitrogen and oxygen atoms in total. The summed E-state index contributed by atoms with van der Waals surface area (Å²) < 4.78 is 0. The fourth-order valence-electron chi connectivity index (χ4n) is 2.61. The maximum absolute atomic E-state index is 12.4. The minimum atomic E-state index is -0.483. The Labute approximate surface area is 154 Å². The molecule has 0 bridgehead atoms. The number of para-hydroxylation sites is 1. The number of nitrogens with one attached hydrogen (secondary N) is 1. The number of carbonyl (C=O) groups excluding carboxylic acids is 2. The summed E-state index contributed by atoms with van der Waals surface area (Å²) in [5.41, 5.74) is 1.04. The molecule has 124 valence electrons. The lowest BCUT2D eigenvalue weighted by atomic mass is 10.1. The Bertz CT molecular complexity index is 810. The van der Waals surface area contributed by atoms with Crippen LogP contribution in [0, 0.1) is 5.92 Å². The van der Waals surface area contributed by atoms with Gasteiger partial charge in [-0.05, 0) is 24.3 Å². The predicted molar refractivity (Wildman–Crippen MR) is 97.0 cm³/mol. The van der Waals surface area contributed by atoms with E-state index in [-0.39, 0.29) is 24.8 Å². The molecule has 7 heteroatoms. The number of carbonyl (C=O) groups is 2. The van der Waals surface area contributed by atoms with Crippen LogP contribution in [0.25, 0.3) is 0 Å². The second-order valence-electron chi connectivity index (χ2n) is 5.45. The summed E-state index contributed by atoms with van der Waals surface area (Å²) in [6, 6.07) is 12.0. The van der Waals surface area contributed by atoms with E-state index >= 15 is 0 Å². The predicted octanol–water partition coefficient (Wildman–Crippen LogP) is 4.64. The molecule has 0 saturated carbocycles. The Morgan fingerprint density at radius 3 is 2.50 bits per heavy atom. The van der Waals surface area contributed by atoms with Gasteiger partial charge in [0.2, 0.25) is 11.8 Å². The van der Waals surface area contributed by atoms with E-state index in [0.29, 0.717) is 26.4 Å². The first kappa shape index (κ1) is 17.1. The molecule has 2 aromatic rings. The largest absolute Gasteiger partial charge is 0.324 e. The van der Waals surface area contributed by atoms with E-state index in [1.54, 1.807) is 42.5 Å². The van der Waals surface area contributed by atoms with Gasteiger partial charge in [-0.2, -0.15) is 0 Å². The van der Waals surface area contributed by atoms with Crippen LogP contribution in [0.15, 0.2) is 42.5 Å². The van der Waals surface area contributed by atoms with Gasteiger partial charge >= 0.3 is 0 Å². The average molecular weight is 384 g/mol. The zero-order chi connectivity index (χ0) is 17.3. The van der Waals surface area contributed by atoms with Crippen LogP contribution >= 0.6 is 34.8 Å². The minimum absolute atomic E-state index is 0.110. The molecule has 0 unspecified atom stereocenters. The summed E-state index contributed by atoms with van der Waals surface area (Å²) in [7, 11) is 0. The summed E-state index contributed by atoms with van der Waals surface area (Å²) in [4.78, 5) is 26.2. The lowest BCUT2D eigenvalue weighted by Crippen LogP contribution is -2.28. The van der Waals surface area contributed by atoms with Crippen molar-refractivity contribution in [1.29, 1.82) is 0 Å². The van der Waals surface area contributed by atoms with Gasteiger partial charge in [-0.15, -0.1) is 0 Å². The summed E-state index contributed by atoms with van der Waals surface area (Å²) in [6.45, 7) is 0.245. The average Bonchev–Trinajstić information content (AvgIpc) is 2.94. The fraction of sp³-hybridized carbons (Fsp3) is 0.176. The fourth-order valence-corrected chi connectivity index (χ4v) is 3.19. The molecule has 2 amide bonds. The Hall–Kier alpha value is -1.75. The van der Waals surface area contributed by atoms with E-state index in [2.05, 4.69) is 5.32 Å². The second-order valence-corrected chi connectivity index (χ2v) is 6.64. The molecule has 1 heterocycles. The van der Waals surface area contributed by atoms with E-state index < -0.39 is 5.92 Å². The highest BCUT2D eigenvalue weighted by atomic mass is 35.5.